The van der Waals surface area contributed by atoms with Gasteiger partial charge >= 0.3 is 5.69 Å². The lowest BCUT2D eigenvalue weighted by Gasteiger charge is -2.15. The van der Waals surface area contributed by atoms with Crippen molar-refractivity contribution in [1.82, 2.24) is 0 Å². The maximum absolute atomic E-state index is 11.0. The molecule has 110 valence electrons. The van der Waals surface area contributed by atoms with Crippen molar-refractivity contribution in [1.29, 1.82) is 0 Å². The first kappa shape index (κ1) is 15.0. The number of hydrogen-bond acceptors (Lipinski definition) is 4. The number of nitro groups is 1. The number of ether oxygens (including phenoxy) is 1. The van der Waals surface area contributed by atoms with Crippen molar-refractivity contribution in [2.24, 2.45) is 0 Å². The van der Waals surface area contributed by atoms with E-state index in [0.29, 0.717) is 5.56 Å². The predicted molar refractivity (Wildman–Crippen MR) is 79.6 cm³/mol. The average Bonchev–Trinajstić information content (AvgIpc) is 2.45. The second-order valence-electron chi connectivity index (χ2n) is 4.95. The van der Waals surface area contributed by atoms with Crippen LogP contribution in [0, 0.1) is 24.0 Å². The molecule has 0 aromatic heterocycles. The Bertz CT molecular complexity index is 682. The zero-order valence-corrected chi connectivity index (χ0v) is 12.2. The Labute approximate surface area is 123 Å². The fourth-order valence-corrected chi connectivity index (χ4v) is 2.33. The lowest BCUT2D eigenvalue weighted by atomic mass is 9.96. The second kappa shape index (κ2) is 5.93. The van der Waals surface area contributed by atoms with Gasteiger partial charge in [0.05, 0.1) is 12.0 Å². The molecule has 0 radical (unpaired) electrons. The molecule has 0 saturated heterocycles. The summed E-state index contributed by atoms with van der Waals surface area (Å²) in [5.41, 5.74) is 3.10. The van der Waals surface area contributed by atoms with Gasteiger partial charge in [0.2, 0.25) is 0 Å². The number of methoxy groups -OCH3 is 1. The van der Waals surface area contributed by atoms with Crippen LogP contribution in [0.3, 0.4) is 0 Å². The number of aliphatic hydroxyl groups excluding tert-OH is 1. The number of rotatable bonds is 4. The monoisotopic (exact) mass is 287 g/mol. The molecule has 2 aromatic carbocycles. The van der Waals surface area contributed by atoms with Crippen molar-refractivity contribution in [3.63, 3.8) is 0 Å². The molecule has 0 aliphatic heterocycles. The van der Waals surface area contributed by atoms with E-state index in [0.717, 1.165) is 16.7 Å². The molecule has 0 unspecified atom stereocenters. The van der Waals surface area contributed by atoms with Crippen molar-refractivity contribution in [3.05, 3.63) is 68.8 Å². The quantitative estimate of drug-likeness (QED) is 0.691. The van der Waals surface area contributed by atoms with Crippen molar-refractivity contribution in [3.8, 4) is 5.75 Å². The molecule has 0 bridgehead atoms. The smallest absolute Gasteiger partial charge is 0.311 e. The van der Waals surface area contributed by atoms with Gasteiger partial charge in [0, 0.05) is 6.07 Å². The van der Waals surface area contributed by atoms with Crippen molar-refractivity contribution >= 4 is 5.69 Å². The molecule has 2 aromatic rings. The summed E-state index contributed by atoms with van der Waals surface area (Å²) in [4.78, 5) is 10.5. The average molecular weight is 287 g/mol. The van der Waals surface area contributed by atoms with Crippen LogP contribution in [0.5, 0.6) is 5.75 Å². The minimum Gasteiger partial charge on any atom is -0.490 e. The largest absolute Gasteiger partial charge is 0.490 e. The first-order valence-electron chi connectivity index (χ1n) is 6.51. The van der Waals surface area contributed by atoms with Crippen LogP contribution in [0.1, 0.15) is 28.4 Å². The molecular weight excluding hydrogens is 270 g/mol. The Kier molecular flexibility index (Phi) is 4.23. The molecule has 21 heavy (non-hydrogen) atoms. The van der Waals surface area contributed by atoms with Gasteiger partial charge in [-0.2, -0.15) is 0 Å². The Balaban J connectivity index is 2.46. The second-order valence-corrected chi connectivity index (χ2v) is 4.95. The summed E-state index contributed by atoms with van der Waals surface area (Å²) >= 11 is 0. The normalized spacial score (nSPS) is 12.0. The molecule has 1 N–H and O–H groups in total. The Morgan fingerprint density at radius 1 is 1.19 bits per heavy atom. The summed E-state index contributed by atoms with van der Waals surface area (Å²) in [6.45, 7) is 3.88. The van der Waals surface area contributed by atoms with Gasteiger partial charge in [-0.1, -0.05) is 29.8 Å². The topological polar surface area (TPSA) is 72.6 Å². The van der Waals surface area contributed by atoms with E-state index in [1.54, 1.807) is 6.07 Å². The van der Waals surface area contributed by atoms with Crippen LogP contribution in [-0.4, -0.2) is 17.1 Å². The number of hydrogen-bond donors (Lipinski definition) is 1. The molecule has 0 saturated carbocycles. The lowest BCUT2D eigenvalue weighted by Crippen LogP contribution is -2.04. The SMILES string of the molecule is COc1ccc([C@H](O)c2ccc(C)cc2C)cc1[N+](=O)[O-]. The molecule has 0 aliphatic rings. The fourth-order valence-electron chi connectivity index (χ4n) is 2.33. The first-order chi connectivity index (χ1) is 9.93. The van der Waals surface area contributed by atoms with Gasteiger partial charge in [0.15, 0.2) is 5.75 Å². The molecule has 0 spiro atoms. The van der Waals surface area contributed by atoms with Crippen molar-refractivity contribution < 1.29 is 14.8 Å². The lowest BCUT2D eigenvalue weighted by molar-refractivity contribution is -0.385. The molecule has 0 heterocycles. The highest BCUT2D eigenvalue weighted by molar-refractivity contribution is 5.51. The van der Waals surface area contributed by atoms with E-state index in [4.69, 9.17) is 4.74 Å². The highest BCUT2D eigenvalue weighted by atomic mass is 16.6. The highest BCUT2D eigenvalue weighted by Crippen LogP contribution is 2.33. The predicted octanol–water partition coefficient (Wildman–Crippen LogP) is 3.30. The number of aliphatic hydroxyl groups is 1. The van der Waals surface area contributed by atoms with E-state index in [1.165, 1.54) is 19.2 Å². The van der Waals surface area contributed by atoms with Crippen LogP contribution in [-0.2, 0) is 0 Å². The summed E-state index contributed by atoms with van der Waals surface area (Å²) in [6, 6.07) is 10.2. The summed E-state index contributed by atoms with van der Waals surface area (Å²) in [6.07, 6.45) is -0.907. The van der Waals surface area contributed by atoms with Crippen LogP contribution in [0.2, 0.25) is 0 Å². The third-order valence-electron chi connectivity index (χ3n) is 3.44. The van der Waals surface area contributed by atoms with E-state index >= 15 is 0 Å². The van der Waals surface area contributed by atoms with Gasteiger partial charge in [-0.25, -0.2) is 0 Å². The Morgan fingerprint density at radius 3 is 2.48 bits per heavy atom. The van der Waals surface area contributed by atoms with Gasteiger partial charge in [0.1, 0.15) is 6.10 Å². The highest BCUT2D eigenvalue weighted by Gasteiger charge is 2.20. The van der Waals surface area contributed by atoms with Gasteiger partial charge in [0.25, 0.3) is 0 Å². The minimum absolute atomic E-state index is 0.154. The Hall–Kier alpha value is -2.40. The number of nitro benzene ring substituents is 1. The summed E-state index contributed by atoms with van der Waals surface area (Å²) < 4.78 is 4.96. The summed E-state index contributed by atoms with van der Waals surface area (Å²) in [5.74, 6) is 0.177. The molecule has 5 heteroatoms. The summed E-state index contributed by atoms with van der Waals surface area (Å²) in [5, 5.41) is 21.5. The standard InChI is InChI=1S/C16H17NO4/c1-10-4-6-13(11(2)8-10)16(18)12-5-7-15(21-3)14(9-12)17(19)20/h4-9,16,18H,1-3H3/t16-/m0/s1. The van der Waals surface area contributed by atoms with E-state index in [2.05, 4.69) is 0 Å². The number of aryl methyl sites for hydroxylation is 2. The number of benzene rings is 2. The zero-order valence-electron chi connectivity index (χ0n) is 12.2. The number of nitrogens with zero attached hydrogens (tertiary/aromatic N) is 1. The van der Waals surface area contributed by atoms with Crippen LogP contribution in [0.25, 0.3) is 0 Å². The van der Waals surface area contributed by atoms with E-state index in [1.807, 2.05) is 32.0 Å². The van der Waals surface area contributed by atoms with Crippen LogP contribution in [0.15, 0.2) is 36.4 Å². The molecular formula is C16H17NO4. The molecule has 2 rings (SSSR count). The molecule has 1 atom stereocenters. The fraction of sp³-hybridized carbons (Fsp3) is 0.250. The van der Waals surface area contributed by atoms with E-state index in [-0.39, 0.29) is 11.4 Å². The van der Waals surface area contributed by atoms with E-state index < -0.39 is 11.0 Å². The minimum atomic E-state index is -0.907. The molecule has 5 nitrogen and oxygen atoms in total. The maximum Gasteiger partial charge on any atom is 0.311 e. The van der Waals surface area contributed by atoms with Crippen LogP contribution in [0.4, 0.5) is 5.69 Å². The van der Waals surface area contributed by atoms with Crippen molar-refractivity contribution in [2.75, 3.05) is 7.11 Å². The third-order valence-corrected chi connectivity index (χ3v) is 3.44. The molecule has 0 amide bonds. The first-order valence-corrected chi connectivity index (χ1v) is 6.51. The van der Waals surface area contributed by atoms with Crippen molar-refractivity contribution in [2.45, 2.75) is 20.0 Å². The van der Waals surface area contributed by atoms with Gasteiger partial charge < -0.3 is 9.84 Å². The van der Waals surface area contributed by atoms with Gasteiger partial charge in [-0.05, 0) is 36.6 Å². The Morgan fingerprint density at radius 2 is 1.90 bits per heavy atom. The molecule has 0 aliphatic carbocycles. The maximum atomic E-state index is 11.0. The summed E-state index contributed by atoms with van der Waals surface area (Å²) in [7, 11) is 1.38. The van der Waals surface area contributed by atoms with Crippen LogP contribution >= 0.6 is 0 Å². The van der Waals surface area contributed by atoms with Gasteiger partial charge in [-0.15, -0.1) is 0 Å². The van der Waals surface area contributed by atoms with E-state index in [9.17, 15) is 15.2 Å². The van der Waals surface area contributed by atoms with Gasteiger partial charge in [-0.3, -0.25) is 10.1 Å². The third kappa shape index (κ3) is 3.03. The van der Waals surface area contributed by atoms with Crippen LogP contribution < -0.4 is 4.74 Å². The zero-order chi connectivity index (χ0) is 15.6. The molecule has 0 fully saturated rings.